The van der Waals surface area contributed by atoms with Gasteiger partial charge in [-0.25, -0.2) is 4.39 Å². The highest BCUT2D eigenvalue weighted by atomic mass is 32.2. The molecule has 0 aliphatic carbocycles. The Hall–Kier alpha value is -2.41. The molecule has 1 amide bonds. The van der Waals surface area contributed by atoms with Gasteiger partial charge in [-0.1, -0.05) is 24.3 Å². The van der Waals surface area contributed by atoms with Gasteiger partial charge in [0.25, 0.3) is 5.69 Å². The number of nitro groups is 1. The van der Waals surface area contributed by atoms with Crippen LogP contribution < -0.4 is 5.32 Å². The van der Waals surface area contributed by atoms with Crippen LogP contribution >= 0.6 is 11.8 Å². The smallest absolute Gasteiger partial charge is 0.292 e. The molecule has 21 heavy (non-hydrogen) atoms. The Morgan fingerprint density at radius 1 is 1.19 bits per heavy atom. The average molecular weight is 306 g/mol. The lowest BCUT2D eigenvalue weighted by molar-refractivity contribution is -0.383. The number of para-hydroxylation sites is 2. The summed E-state index contributed by atoms with van der Waals surface area (Å²) in [4.78, 5) is 22.4. The highest BCUT2D eigenvalue weighted by Gasteiger charge is 2.15. The van der Waals surface area contributed by atoms with Crippen LogP contribution in [-0.4, -0.2) is 16.6 Å². The number of nitrogens with zero attached hydrogens (tertiary/aromatic N) is 1. The van der Waals surface area contributed by atoms with Gasteiger partial charge in [-0.15, -0.1) is 11.8 Å². The van der Waals surface area contributed by atoms with Crippen molar-refractivity contribution >= 4 is 29.0 Å². The SMILES string of the molecule is O=C(CSc1ccccc1F)Nc1ccccc1[N+](=O)[O-]. The van der Waals surface area contributed by atoms with E-state index in [4.69, 9.17) is 0 Å². The highest BCUT2D eigenvalue weighted by Crippen LogP contribution is 2.25. The lowest BCUT2D eigenvalue weighted by atomic mass is 10.2. The third-order valence-electron chi connectivity index (χ3n) is 2.57. The molecular weight excluding hydrogens is 295 g/mol. The molecule has 0 radical (unpaired) electrons. The van der Waals surface area contributed by atoms with Crippen LogP contribution in [0.1, 0.15) is 0 Å². The topological polar surface area (TPSA) is 72.2 Å². The van der Waals surface area contributed by atoms with Crippen molar-refractivity contribution in [3.8, 4) is 0 Å². The van der Waals surface area contributed by atoms with E-state index in [2.05, 4.69) is 5.32 Å². The number of thioether (sulfide) groups is 1. The van der Waals surface area contributed by atoms with E-state index in [1.54, 1.807) is 24.3 Å². The maximum Gasteiger partial charge on any atom is 0.292 e. The monoisotopic (exact) mass is 306 g/mol. The fraction of sp³-hybridized carbons (Fsp3) is 0.0714. The van der Waals surface area contributed by atoms with Crippen molar-refractivity contribution in [2.45, 2.75) is 4.90 Å². The van der Waals surface area contributed by atoms with E-state index in [1.165, 1.54) is 24.3 Å². The second kappa shape index (κ2) is 6.85. The van der Waals surface area contributed by atoms with Crippen molar-refractivity contribution < 1.29 is 14.1 Å². The maximum absolute atomic E-state index is 13.4. The van der Waals surface area contributed by atoms with E-state index >= 15 is 0 Å². The molecule has 0 saturated heterocycles. The minimum absolute atomic E-state index is 0.0347. The van der Waals surface area contributed by atoms with Gasteiger partial charge in [0.05, 0.1) is 10.7 Å². The minimum Gasteiger partial charge on any atom is -0.320 e. The Kier molecular flexibility index (Phi) is 4.89. The summed E-state index contributed by atoms with van der Waals surface area (Å²) in [6, 6.07) is 12.0. The zero-order valence-corrected chi connectivity index (χ0v) is 11.6. The van der Waals surface area contributed by atoms with Gasteiger partial charge in [0.15, 0.2) is 0 Å². The summed E-state index contributed by atoms with van der Waals surface area (Å²) in [7, 11) is 0. The van der Waals surface area contributed by atoms with Crippen LogP contribution in [0, 0.1) is 15.9 Å². The van der Waals surface area contributed by atoms with Crippen molar-refractivity contribution in [3.05, 3.63) is 64.5 Å². The maximum atomic E-state index is 13.4. The molecule has 0 bridgehead atoms. The number of rotatable bonds is 5. The van der Waals surface area contributed by atoms with Crippen molar-refractivity contribution in [2.75, 3.05) is 11.1 Å². The van der Waals surface area contributed by atoms with E-state index < -0.39 is 16.6 Å². The first kappa shape index (κ1) is 15.0. The Bertz CT molecular complexity index is 679. The molecule has 0 fully saturated rings. The quantitative estimate of drug-likeness (QED) is 0.521. The first-order valence-corrected chi connectivity index (χ1v) is 6.97. The fourth-order valence-electron chi connectivity index (χ4n) is 1.63. The summed E-state index contributed by atoms with van der Waals surface area (Å²) in [6.45, 7) is 0. The molecule has 0 aliphatic heterocycles. The molecule has 0 unspecified atom stereocenters. The largest absolute Gasteiger partial charge is 0.320 e. The molecule has 0 saturated carbocycles. The number of carbonyl (C=O) groups is 1. The Balaban J connectivity index is 2.00. The number of anilines is 1. The summed E-state index contributed by atoms with van der Waals surface area (Å²) in [5.74, 6) is -0.869. The van der Waals surface area contributed by atoms with Crippen molar-refractivity contribution in [2.24, 2.45) is 0 Å². The minimum atomic E-state index is -0.570. The third-order valence-corrected chi connectivity index (χ3v) is 3.62. The Morgan fingerprint density at radius 3 is 2.57 bits per heavy atom. The van der Waals surface area contributed by atoms with Crippen LogP contribution in [0.25, 0.3) is 0 Å². The number of hydrogen-bond acceptors (Lipinski definition) is 4. The van der Waals surface area contributed by atoms with Crippen LogP contribution in [0.4, 0.5) is 15.8 Å². The lowest BCUT2D eigenvalue weighted by Crippen LogP contribution is -2.15. The van der Waals surface area contributed by atoms with E-state index in [1.807, 2.05) is 0 Å². The number of carbonyl (C=O) groups excluding carboxylic acids is 1. The van der Waals surface area contributed by atoms with Gasteiger partial charge < -0.3 is 5.32 Å². The number of benzene rings is 2. The predicted molar refractivity (Wildman–Crippen MR) is 78.9 cm³/mol. The van der Waals surface area contributed by atoms with Crippen LogP contribution in [0.3, 0.4) is 0 Å². The molecule has 0 heterocycles. The third kappa shape index (κ3) is 4.03. The first-order chi connectivity index (χ1) is 10.1. The number of hydrogen-bond donors (Lipinski definition) is 1. The van der Waals surface area contributed by atoms with Gasteiger partial charge in [-0.05, 0) is 18.2 Å². The van der Waals surface area contributed by atoms with Gasteiger partial charge >= 0.3 is 0 Å². The summed E-state index contributed by atoms with van der Waals surface area (Å²) in [5, 5.41) is 13.3. The molecule has 2 rings (SSSR count). The molecule has 2 aromatic carbocycles. The molecule has 0 aliphatic rings. The number of halogens is 1. The van der Waals surface area contributed by atoms with Crippen LogP contribution in [0.5, 0.6) is 0 Å². The second-order valence-electron chi connectivity index (χ2n) is 4.04. The second-order valence-corrected chi connectivity index (χ2v) is 5.06. The molecule has 7 heteroatoms. The van der Waals surface area contributed by atoms with E-state index in [9.17, 15) is 19.3 Å². The summed E-state index contributed by atoms with van der Waals surface area (Å²) >= 11 is 1.03. The van der Waals surface area contributed by atoms with Gasteiger partial charge in [0.1, 0.15) is 11.5 Å². The molecule has 0 aromatic heterocycles. The standard InChI is InChI=1S/C14H11FN2O3S/c15-10-5-1-4-8-13(10)21-9-14(18)16-11-6-2-3-7-12(11)17(19)20/h1-8H,9H2,(H,16,18). The zero-order valence-electron chi connectivity index (χ0n) is 10.8. The van der Waals surface area contributed by atoms with Crippen LogP contribution in [-0.2, 0) is 4.79 Å². The Morgan fingerprint density at radius 2 is 1.86 bits per heavy atom. The van der Waals surface area contributed by atoms with Crippen molar-refractivity contribution in [3.63, 3.8) is 0 Å². The Labute approximate surface area is 124 Å². The van der Waals surface area contributed by atoms with E-state index in [0.29, 0.717) is 4.90 Å². The van der Waals surface area contributed by atoms with Crippen LogP contribution in [0.15, 0.2) is 53.4 Å². The molecular formula is C14H11FN2O3S. The van der Waals surface area contributed by atoms with Gasteiger partial charge in [-0.3, -0.25) is 14.9 Å². The molecule has 2 aromatic rings. The highest BCUT2D eigenvalue weighted by molar-refractivity contribution is 8.00. The summed E-state index contributed by atoms with van der Waals surface area (Å²) in [5.41, 5.74) is -0.0524. The number of amides is 1. The van der Waals surface area contributed by atoms with Crippen molar-refractivity contribution in [1.82, 2.24) is 0 Å². The molecule has 5 nitrogen and oxygen atoms in total. The first-order valence-electron chi connectivity index (χ1n) is 5.98. The van der Waals surface area contributed by atoms with Crippen molar-refractivity contribution in [1.29, 1.82) is 0 Å². The summed E-state index contributed by atoms with van der Waals surface area (Å²) in [6.07, 6.45) is 0. The fourth-order valence-corrected chi connectivity index (χ4v) is 2.37. The van der Waals surface area contributed by atoms with E-state index in [0.717, 1.165) is 11.8 Å². The average Bonchev–Trinajstić information content (AvgIpc) is 2.47. The van der Waals surface area contributed by atoms with Crippen LogP contribution in [0.2, 0.25) is 0 Å². The zero-order chi connectivity index (χ0) is 15.2. The number of nitrogens with one attached hydrogen (secondary N) is 1. The summed E-state index contributed by atoms with van der Waals surface area (Å²) < 4.78 is 13.4. The number of nitro benzene ring substituents is 1. The molecule has 108 valence electrons. The predicted octanol–water partition coefficient (Wildman–Crippen LogP) is 3.46. The van der Waals surface area contributed by atoms with Gasteiger partial charge in [-0.2, -0.15) is 0 Å². The molecule has 0 atom stereocenters. The van der Waals surface area contributed by atoms with Gasteiger partial charge in [0, 0.05) is 11.0 Å². The molecule has 1 N–H and O–H groups in total. The molecule has 0 spiro atoms. The van der Waals surface area contributed by atoms with Gasteiger partial charge in [0.2, 0.25) is 5.91 Å². The van der Waals surface area contributed by atoms with E-state index in [-0.39, 0.29) is 17.1 Å². The lowest BCUT2D eigenvalue weighted by Gasteiger charge is -2.06. The normalized spacial score (nSPS) is 10.1.